The zero-order chi connectivity index (χ0) is 6.69. The highest BCUT2D eigenvalue weighted by Crippen LogP contribution is 2.09. The first-order valence-electron chi connectivity index (χ1n) is 3.34. The van der Waals surface area contributed by atoms with Crippen molar-refractivity contribution in [2.45, 2.75) is 12.5 Å². The van der Waals surface area contributed by atoms with Crippen LogP contribution in [0, 0.1) is 5.92 Å². The number of hydrogen-bond acceptors (Lipinski definition) is 3. The molecule has 0 saturated carbocycles. The third-order valence-electron chi connectivity index (χ3n) is 1.80. The van der Waals surface area contributed by atoms with E-state index in [2.05, 4.69) is 5.32 Å². The molecule has 0 aromatic carbocycles. The van der Waals surface area contributed by atoms with Crippen molar-refractivity contribution < 1.29 is 10.2 Å². The second kappa shape index (κ2) is 3.15. The van der Waals surface area contributed by atoms with Crippen LogP contribution in [0.25, 0.3) is 0 Å². The minimum Gasteiger partial charge on any atom is -0.396 e. The Hall–Kier alpha value is -0.120. The van der Waals surface area contributed by atoms with Gasteiger partial charge in [0.1, 0.15) is 0 Å². The van der Waals surface area contributed by atoms with Gasteiger partial charge in [0.25, 0.3) is 0 Å². The quantitative estimate of drug-likeness (QED) is 0.425. The van der Waals surface area contributed by atoms with Crippen molar-refractivity contribution in [3.05, 3.63) is 0 Å². The Balaban J connectivity index is 2.30. The maximum Gasteiger partial charge on any atom is 0.0614 e. The topological polar surface area (TPSA) is 52.5 Å². The molecule has 54 valence electrons. The summed E-state index contributed by atoms with van der Waals surface area (Å²) < 4.78 is 0. The van der Waals surface area contributed by atoms with E-state index in [0.717, 1.165) is 19.5 Å². The van der Waals surface area contributed by atoms with Gasteiger partial charge in [-0.1, -0.05) is 0 Å². The first-order chi connectivity index (χ1) is 4.34. The summed E-state index contributed by atoms with van der Waals surface area (Å²) in [5.41, 5.74) is 0. The van der Waals surface area contributed by atoms with Crippen molar-refractivity contribution in [1.82, 2.24) is 5.32 Å². The SMILES string of the molecule is OCC1CNCC[C@H]1O. The smallest absolute Gasteiger partial charge is 0.0614 e. The molecule has 2 atom stereocenters. The lowest BCUT2D eigenvalue weighted by Gasteiger charge is -2.26. The second-order valence-corrected chi connectivity index (χ2v) is 2.50. The average molecular weight is 131 g/mol. The van der Waals surface area contributed by atoms with Crippen molar-refractivity contribution in [3.8, 4) is 0 Å². The Morgan fingerprint density at radius 1 is 1.56 bits per heavy atom. The fourth-order valence-corrected chi connectivity index (χ4v) is 1.10. The molecular weight excluding hydrogens is 118 g/mol. The van der Waals surface area contributed by atoms with Crippen LogP contribution in [0.4, 0.5) is 0 Å². The van der Waals surface area contributed by atoms with E-state index in [0.29, 0.717) is 0 Å². The molecule has 0 aromatic rings. The molecule has 0 radical (unpaired) electrons. The summed E-state index contributed by atoms with van der Waals surface area (Å²) in [6.45, 7) is 1.71. The van der Waals surface area contributed by atoms with Gasteiger partial charge in [-0.3, -0.25) is 0 Å². The third-order valence-corrected chi connectivity index (χ3v) is 1.80. The number of nitrogens with one attached hydrogen (secondary N) is 1. The molecule has 1 rings (SSSR count). The number of hydrogen-bond donors (Lipinski definition) is 3. The van der Waals surface area contributed by atoms with Crippen molar-refractivity contribution in [2.24, 2.45) is 5.92 Å². The highest BCUT2D eigenvalue weighted by Gasteiger charge is 2.21. The first kappa shape index (κ1) is 6.99. The Kier molecular flexibility index (Phi) is 2.45. The molecule has 0 aliphatic carbocycles. The Morgan fingerprint density at radius 3 is 2.78 bits per heavy atom. The molecule has 1 heterocycles. The number of aliphatic hydroxyl groups is 2. The minimum absolute atomic E-state index is 0.0544. The van der Waals surface area contributed by atoms with E-state index >= 15 is 0 Å². The molecule has 3 N–H and O–H groups in total. The van der Waals surface area contributed by atoms with Crippen LogP contribution in [0.2, 0.25) is 0 Å². The van der Waals surface area contributed by atoms with E-state index in [1.165, 1.54) is 0 Å². The lowest BCUT2D eigenvalue weighted by atomic mass is 9.97. The lowest BCUT2D eigenvalue weighted by molar-refractivity contribution is 0.0447. The Morgan fingerprint density at radius 2 is 2.33 bits per heavy atom. The maximum atomic E-state index is 9.17. The van der Waals surface area contributed by atoms with Crippen molar-refractivity contribution in [3.63, 3.8) is 0 Å². The fraction of sp³-hybridized carbons (Fsp3) is 1.00. The van der Waals surface area contributed by atoms with Gasteiger partial charge in [0.05, 0.1) is 6.10 Å². The van der Waals surface area contributed by atoms with Crippen LogP contribution in [0.1, 0.15) is 6.42 Å². The predicted octanol–water partition coefficient (Wildman–Crippen LogP) is -1.05. The van der Waals surface area contributed by atoms with Crippen LogP contribution in [0.3, 0.4) is 0 Å². The van der Waals surface area contributed by atoms with Gasteiger partial charge in [-0.05, 0) is 13.0 Å². The fourth-order valence-electron chi connectivity index (χ4n) is 1.10. The molecule has 3 nitrogen and oxygen atoms in total. The third kappa shape index (κ3) is 1.64. The summed E-state index contributed by atoms with van der Waals surface area (Å²) in [4.78, 5) is 0. The second-order valence-electron chi connectivity index (χ2n) is 2.50. The van der Waals surface area contributed by atoms with E-state index in [9.17, 15) is 0 Å². The highest BCUT2D eigenvalue weighted by atomic mass is 16.3. The molecule has 3 heteroatoms. The highest BCUT2D eigenvalue weighted by molar-refractivity contribution is 4.75. The van der Waals surface area contributed by atoms with E-state index in [4.69, 9.17) is 10.2 Å². The van der Waals surface area contributed by atoms with Crippen LogP contribution in [0.5, 0.6) is 0 Å². The van der Waals surface area contributed by atoms with Gasteiger partial charge in [0.2, 0.25) is 0 Å². The van der Waals surface area contributed by atoms with Gasteiger partial charge in [-0.2, -0.15) is 0 Å². The molecule has 0 aromatic heterocycles. The number of piperidine rings is 1. The summed E-state index contributed by atoms with van der Waals surface area (Å²) in [6, 6.07) is 0. The van der Waals surface area contributed by atoms with Gasteiger partial charge >= 0.3 is 0 Å². The van der Waals surface area contributed by atoms with E-state index in [1.54, 1.807) is 0 Å². The summed E-state index contributed by atoms with van der Waals surface area (Å²) in [6.07, 6.45) is 0.474. The molecule has 1 aliphatic rings. The molecule has 0 amide bonds. The summed E-state index contributed by atoms with van der Waals surface area (Å²) in [5, 5.41) is 20.9. The summed E-state index contributed by atoms with van der Waals surface area (Å²) in [5.74, 6) is 0.0544. The number of aliphatic hydroxyl groups excluding tert-OH is 2. The Labute approximate surface area is 54.7 Å². The largest absolute Gasteiger partial charge is 0.396 e. The van der Waals surface area contributed by atoms with Crippen LogP contribution in [0.15, 0.2) is 0 Å². The van der Waals surface area contributed by atoms with Gasteiger partial charge in [0.15, 0.2) is 0 Å². The van der Waals surface area contributed by atoms with Gasteiger partial charge in [-0.25, -0.2) is 0 Å². The van der Waals surface area contributed by atoms with E-state index < -0.39 is 0 Å². The standard InChI is InChI=1S/C6H13NO2/c8-4-5-3-7-2-1-6(5)9/h5-9H,1-4H2/t5?,6-/m1/s1. The zero-order valence-electron chi connectivity index (χ0n) is 5.38. The molecule has 0 spiro atoms. The van der Waals surface area contributed by atoms with Crippen molar-refractivity contribution in [2.75, 3.05) is 19.7 Å². The van der Waals surface area contributed by atoms with Crippen LogP contribution >= 0.6 is 0 Å². The molecule has 1 saturated heterocycles. The van der Waals surface area contributed by atoms with E-state index in [1.807, 2.05) is 0 Å². The van der Waals surface area contributed by atoms with Crippen molar-refractivity contribution in [1.29, 1.82) is 0 Å². The van der Waals surface area contributed by atoms with Crippen LogP contribution in [-0.4, -0.2) is 36.0 Å². The molecule has 1 unspecified atom stereocenters. The lowest BCUT2D eigenvalue weighted by Crippen LogP contribution is -2.41. The molecule has 0 bridgehead atoms. The Bertz CT molecular complexity index is 87.1. The predicted molar refractivity (Wildman–Crippen MR) is 34.1 cm³/mol. The summed E-state index contributed by atoms with van der Waals surface area (Å²) >= 11 is 0. The number of rotatable bonds is 1. The zero-order valence-corrected chi connectivity index (χ0v) is 5.38. The molecule has 1 fully saturated rings. The normalized spacial score (nSPS) is 36.7. The molecular formula is C6H13NO2. The minimum atomic E-state index is -0.295. The molecule has 9 heavy (non-hydrogen) atoms. The average Bonchev–Trinajstić information content (AvgIpc) is 1.89. The van der Waals surface area contributed by atoms with E-state index in [-0.39, 0.29) is 18.6 Å². The van der Waals surface area contributed by atoms with Gasteiger partial charge in [0, 0.05) is 19.1 Å². The summed E-state index contributed by atoms with van der Waals surface area (Å²) in [7, 11) is 0. The first-order valence-corrected chi connectivity index (χ1v) is 3.34. The molecule has 1 aliphatic heterocycles. The maximum absolute atomic E-state index is 9.17. The van der Waals surface area contributed by atoms with Crippen LogP contribution in [-0.2, 0) is 0 Å². The monoisotopic (exact) mass is 131 g/mol. The van der Waals surface area contributed by atoms with Crippen LogP contribution < -0.4 is 5.32 Å². The van der Waals surface area contributed by atoms with Gasteiger partial charge in [-0.15, -0.1) is 0 Å². The van der Waals surface area contributed by atoms with Gasteiger partial charge < -0.3 is 15.5 Å². The van der Waals surface area contributed by atoms with Crippen molar-refractivity contribution >= 4 is 0 Å².